The first-order chi connectivity index (χ1) is 9.34. The van der Waals surface area contributed by atoms with Gasteiger partial charge in [-0.1, -0.05) is 18.2 Å². The van der Waals surface area contributed by atoms with Gasteiger partial charge in [-0.25, -0.2) is 0 Å². The molecule has 2 aromatic rings. The Morgan fingerprint density at radius 3 is 3.00 bits per heavy atom. The summed E-state index contributed by atoms with van der Waals surface area (Å²) in [4.78, 5) is 2.42. The van der Waals surface area contributed by atoms with Crippen molar-refractivity contribution in [1.82, 2.24) is 0 Å². The highest BCUT2D eigenvalue weighted by atomic mass is 32.1. The monoisotopic (exact) mass is 273 g/mol. The fourth-order valence-corrected chi connectivity index (χ4v) is 3.44. The quantitative estimate of drug-likeness (QED) is 0.923. The molecule has 0 aliphatic carbocycles. The molecule has 1 aromatic heterocycles. The second-order valence-electron chi connectivity index (χ2n) is 5.09. The van der Waals surface area contributed by atoms with Gasteiger partial charge in [0.2, 0.25) is 0 Å². The van der Waals surface area contributed by atoms with E-state index >= 15 is 0 Å². The Kier molecular flexibility index (Phi) is 3.85. The van der Waals surface area contributed by atoms with Gasteiger partial charge in [-0.15, -0.1) is 0 Å². The van der Waals surface area contributed by atoms with E-state index in [0.717, 1.165) is 37.9 Å². The van der Waals surface area contributed by atoms with Crippen LogP contribution < -0.4 is 4.90 Å². The molecule has 0 radical (unpaired) electrons. The van der Waals surface area contributed by atoms with E-state index in [9.17, 15) is 5.11 Å². The standard InChI is InChI=1S/C16H19NOS/c18-16-6-3-9-17(10-7-13-8-11-19-12-13)15-5-2-1-4-14(15)16/h1-2,4-5,8,11-12,16,18H,3,6-7,9-10H2. The van der Waals surface area contributed by atoms with Crippen molar-refractivity contribution in [3.63, 3.8) is 0 Å². The molecule has 1 aromatic carbocycles. The van der Waals surface area contributed by atoms with E-state index in [4.69, 9.17) is 0 Å². The summed E-state index contributed by atoms with van der Waals surface area (Å²) in [5.41, 5.74) is 3.71. The van der Waals surface area contributed by atoms with Crippen LogP contribution in [0.3, 0.4) is 0 Å². The fourth-order valence-electron chi connectivity index (χ4n) is 2.74. The number of anilines is 1. The number of para-hydroxylation sites is 1. The molecule has 1 N–H and O–H groups in total. The first-order valence-electron chi connectivity index (χ1n) is 6.87. The summed E-state index contributed by atoms with van der Waals surface area (Å²) in [6.07, 6.45) is 2.70. The van der Waals surface area contributed by atoms with Crippen LogP contribution in [0.25, 0.3) is 0 Å². The Labute approximate surface area is 118 Å². The summed E-state index contributed by atoms with van der Waals surface area (Å²) in [6, 6.07) is 10.5. The third kappa shape index (κ3) is 2.82. The van der Waals surface area contributed by atoms with Crippen LogP contribution in [0.4, 0.5) is 5.69 Å². The summed E-state index contributed by atoms with van der Waals surface area (Å²) in [6.45, 7) is 2.07. The van der Waals surface area contributed by atoms with Gasteiger partial charge in [0, 0.05) is 24.3 Å². The van der Waals surface area contributed by atoms with Gasteiger partial charge in [0.05, 0.1) is 6.10 Å². The molecule has 0 saturated carbocycles. The van der Waals surface area contributed by atoms with Crippen LogP contribution in [-0.4, -0.2) is 18.2 Å². The number of thiophene rings is 1. The van der Waals surface area contributed by atoms with Gasteiger partial charge in [0.25, 0.3) is 0 Å². The van der Waals surface area contributed by atoms with Gasteiger partial charge >= 0.3 is 0 Å². The molecule has 0 bridgehead atoms. The van der Waals surface area contributed by atoms with Crippen LogP contribution in [0.15, 0.2) is 41.1 Å². The lowest BCUT2D eigenvalue weighted by atomic mass is 10.0. The minimum absolute atomic E-state index is 0.303. The Hall–Kier alpha value is -1.32. The van der Waals surface area contributed by atoms with Crippen molar-refractivity contribution in [3.8, 4) is 0 Å². The summed E-state index contributed by atoms with van der Waals surface area (Å²) >= 11 is 1.76. The first kappa shape index (κ1) is 12.7. The number of benzene rings is 1. The number of fused-ring (bicyclic) bond motifs is 1. The zero-order valence-electron chi connectivity index (χ0n) is 11.0. The molecule has 3 rings (SSSR count). The van der Waals surface area contributed by atoms with E-state index in [1.165, 1.54) is 11.3 Å². The fraction of sp³-hybridized carbons (Fsp3) is 0.375. The van der Waals surface area contributed by atoms with Gasteiger partial charge in [0.1, 0.15) is 0 Å². The van der Waals surface area contributed by atoms with E-state index in [0.29, 0.717) is 0 Å². The van der Waals surface area contributed by atoms with Gasteiger partial charge in [-0.05, 0) is 47.7 Å². The predicted octanol–water partition coefficient (Wildman–Crippen LogP) is 3.62. The zero-order chi connectivity index (χ0) is 13.1. The molecular formula is C16H19NOS. The molecule has 1 aliphatic rings. The molecule has 0 amide bonds. The minimum Gasteiger partial charge on any atom is -0.388 e. The third-order valence-electron chi connectivity index (χ3n) is 3.79. The van der Waals surface area contributed by atoms with Crippen molar-refractivity contribution < 1.29 is 5.11 Å². The average Bonchev–Trinajstić information content (AvgIpc) is 2.90. The summed E-state index contributed by atoms with van der Waals surface area (Å²) in [5, 5.41) is 14.5. The maximum atomic E-state index is 10.2. The molecule has 2 nitrogen and oxygen atoms in total. The molecule has 3 heteroatoms. The normalized spacial score (nSPS) is 19.0. The van der Waals surface area contributed by atoms with Crippen LogP contribution in [0, 0.1) is 0 Å². The van der Waals surface area contributed by atoms with Crippen LogP contribution in [-0.2, 0) is 6.42 Å². The van der Waals surface area contributed by atoms with E-state index in [1.54, 1.807) is 11.3 Å². The number of aliphatic hydroxyl groups excluding tert-OH is 1. The topological polar surface area (TPSA) is 23.5 Å². The van der Waals surface area contributed by atoms with Crippen LogP contribution >= 0.6 is 11.3 Å². The van der Waals surface area contributed by atoms with Crippen LogP contribution in [0.2, 0.25) is 0 Å². The van der Waals surface area contributed by atoms with E-state index in [2.05, 4.69) is 39.9 Å². The van der Waals surface area contributed by atoms with E-state index in [1.807, 2.05) is 6.07 Å². The van der Waals surface area contributed by atoms with Crippen molar-refractivity contribution in [2.24, 2.45) is 0 Å². The highest BCUT2D eigenvalue weighted by Gasteiger charge is 2.20. The lowest BCUT2D eigenvalue weighted by Crippen LogP contribution is -2.26. The molecule has 2 heterocycles. The van der Waals surface area contributed by atoms with E-state index in [-0.39, 0.29) is 6.10 Å². The Morgan fingerprint density at radius 2 is 2.16 bits per heavy atom. The molecular weight excluding hydrogens is 254 g/mol. The molecule has 100 valence electrons. The van der Waals surface area contributed by atoms with Gasteiger partial charge < -0.3 is 10.0 Å². The molecule has 0 saturated heterocycles. The number of aliphatic hydroxyl groups is 1. The van der Waals surface area contributed by atoms with Crippen molar-refractivity contribution in [3.05, 3.63) is 52.2 Å². The van der Waals surface area contributed by atoms with Crippen LogP contribution in [0.5, 0.6) is 0 Å². The molecule has 1 atom stereocenters. The van der Waals surface area contributed by atoms with Gasteiger partial charge in [-0.3, -0.25) is 0 Å². The third-order valence-corrected chi connectivity index (χ3v) is 4.52. The first-order valence-corrected chi connectivity index (χ1v) is 7.82. The summed E-state index contributed by atoms with van der Waals surface area (Å²) in [7, 11) is 0. The smallest absolute Gasteiger partial charge is 0.0810 e. The number of hydrogen-bond acceptors (Lipinski definition) is 3. The lowest BCUT2D eigenvalue weighted by Gasteiger charge is -2.25. The Morgan fingerprint density at radius 1 is 1.26 bits per heavy atom. The largest absolute Gasteiger partial charge is 0.388 e. The predicted molar refractivity (Wildman–Crippen MR) is 80.9 cm³/mol. The van der Waals surface area contributed by atoms with Crippen molar-refractivity contribution >= 4 is 17.0 Å². The van der Waals surface area contributed by atoms with Crippen molar-refractivity contribution in [1.29, 1.82) is 0 Å². The van der Waals surface area contributed by atoms with Crippen molar-refractivity contribution in [2.45, 2.75) is 25.4 Å². The summed E-state index contributed by atoms with van der Waals surface area (Å²) < 4.78 is 0. The highest BCUT2D eigenvalue weighted by Crippen LogP contribution is 2.32. The molecule has 19 heavy (non-hydrogen) atoms. The number of nitrogens with zero attached hydrogens (tertiary/aromatic N) is 1. The Bertz CT molecular complexity index is 523. The number of hydrogen-bond donors (Lipinski definition) is 1. The second-order valence-corrected chi connectivity index (χ2v) is 5.87. The molecule has 1 aliphatic heterocycles. The number of rotatable bonds is 3. The SMILES string of the molecule is OC1CCCN(CCc2ccsc2)c2ccccc21. The van der Waals surface area contributed by atoms with Gasteiger partial charge in [0.15, 0.2) is 0 Å². The van der Waals surface area contributed by atoms with Crippen LogP contribution in [0.1, 0.15) is 30.1 Å². The minimum atomic E-state index is -0.303. The zero-order valence-corrected chi connectivity index (χ0v) is 11.8. The maximum absolute atomic E-state index is 10.2. The highest BCUT2D eigenvalue weighted by molar-refractivity contribution is 7.07. The lowest BCUT2D eigenvalue weighted by molar-refractivity contribution is 0.168. The molecule has 1 unspecified atom stereocenters. The second kappa shape index (κ2) is 5.76. The maximum Gasteiger partial charge on any atom is 0.0810 e. The average molecular weight is 273 g/mol. The molecule has 0 fully saturated rings. The summed E-state index contributed by atoms with van der Waals surface area (Å²) in [5.74, 6) is 0. The van der Waals surface area contributed by atoms with Crippen molar-refractivity contribution in [2.75, 3.05) is 18.0 Å². The molecule has 0 spiro atoms. The van der Waals surface area contributed by atoms with E-state index < -0.39 is 0 Å². The Balaban J connectivity index is 1.79. The van der Waals surface area contributed by atoms with Gasteiger partial charge in [-0.2, -0.15) is 11.3 Å².